The first-order chi connectivity index (χ1) is 7.88. The van der Waals surface area contributed by atoms with Gasteiger partial charge in [0.05, 0.1) is 11.7 Å². The van der Waals surface area contributed by atoms with Crippen molar-refractivity contribution in [1.82, 2.24) is 0 Å². The zero-order chi connectivity index (χ0) is 12.6. The summed E-state index contributed by atoms with van der Waals surface area (Å²) in [5, 5.41) is 8.83. The molecule has 1 aromatic rings. The lowest BCUT2D eigenvalue weighted by molar-refractivity contribution is -0.137. The lowest BCUT2D eigenvalue weighted by atomic mass is 10.1. The van der Waals surface area contributed by atoms with E-state index in [0.29, 0.717) is 0 Å². The van der Waals surface area contributed by atoms with Gasteiger partial charge in [0.25, 0.3) is 0 Å². The Kier molecular flexibility index (Phi) is 2.73. The second-order valence-corrected chi connectivity index (χ2v) is 3.83. The number of hydrogen-bond donors (Lipinski definition) is 1. The van der Waals surface area contributed by atoms with Crippen LogP contribution >= 0.6 is 0 Å². The molecule has 3 nitrogen and oxygen atoms in total. The van der Waals surface area contributed by atoms with Crippen molar-refractivity contribution in [2.24, 2.45) is 0 Å². The molecule has 0 unspecified atom stereocenters. The molecule has 0 heterocycles. The first kappa shape index (κ1) is 11.8. The van der Waals surface area contributed by atoms with Crippen molar-refractivity contribution in [3.8, 4) is 5.75 Å². The minimum absolute atomic E-state index is 0.156. The summed E-state index contributed by atoms with van der Waals surface area (Å²) in [6, 6.07) is 2.40. The lowest BCUT2D eigenvalue weighted by Gasteiger charge is -2.12. The minimum atomic E-state index is -4.50. The van der Waals surface area contributed by atoms with E-state index < -0.39 is 17.7 Å². The molecular weight excluding hydrogens is 237 g/mol. The highest BCUT2D eigenvalue weighted by Crippen LogP contribution is 2.35. The number of aromatic carboxylic acids is 1. The summed E-state index contributed by atoms with van der Waals surface area (Å²) in [5.74, 6) is -1.51. The van der Waals surface area contributed by atoms with Crippen LogP contribution in [-0.4, -0.2) is 17.2 Å². The Morgan fingerprint density at radius 1 is 1.35 bits per heavy atom. The summed E-state index contributed by atoms with van der Waals surface area (Å²) in [6.45, 7) is 0. The van der Waals surface area contributed by atoms with E-state index in [1.54, 1.807) is 0 Å². The Bertz CT molecular complexity index is 450. The Morgan fingerprint density at radius 3 is 2.47 bits per heavy atom. The van der Waals surface area contributed by atoms with Crippen LogP contribution in [0.15, 0.2) is 18.2 Å². The summed E-state index contributed by atoms with van der Waals surface area (Å²) in [7, 11) is 0. The molecular formula is C11H9F3O3. The number of carboxylic acid groups (broad SMARTS) is 1. The second kappa shape index (κ2) is 3.94. The SMILES string of the molecule is O=C(O)c1ccc(C(F)(F)F)cc1OC1CC1. The standard InChI is InChI=1S/C11H9F3O3/c12-11(13,14)6-1-4-8(10(15)16)9(5-6)17-7-2-3-7/h1,4-5,7H,2-3H2,(H,15,16). The number of hydrogen-bond acceptors (Lipinski definition) is 2. The fourth-order valence-electron chi connectivity index (χ4n) is 1.34. The van der Waals surface area contributed by atoms with E-state index in [1.807, 2.05) is 0 Å². The van der Waals surface area contributed by atoms with Crippen molar-refractivity contribution in [3.63, 3.8) is 0 Å². The van der Waals surface area contributed by atoms with Gasteiger partial charge in [0.15, 0.2) is 0 Å². The van der Waals surface area contributed by atoms with Gasteiger partial charge in [0.2, 0.25) is 0 Å². The number of benzene rings is 1. The summed E-state index contributed by atoms with van der Waals surface area (Å²) < 4.78 is 42.5. The molecule has 1 saturated carbocycles. The van der Waals surface area contributed by atoms with Crippen molar-refractivity contribution in [3.05, 3.63) is 29.3 Å². The van der Waals surface area contributed by atoms with Crippen LogP contribution in [0.5, 0.6) is 5.75 Å². The van der Waals surface area contributed by atoms with Crippen LogP contribution in [0, 0.1) is 0 Å². The zero-order valence-electron chi connectivity index (χ0n) is 8.62. The molecule has 0 spiro atoms. The van der Waals surface area contributed by atoms with E-state index in [0.717, 1.165) is 31.0 Å². The van der Waals surface area contributed by atoms with Crippen LogP contribution < -0.4 is 4.74 Å². The molecule has 0 radical (unpaired) electrons. The topological polar surface area (TPSA) is 46.5 Å². The van der Waals surface area contributed by atoms with Gasteiger partial charge in [-0.05, 0) is 31.0 Å². The largest absolute Gasteiger partial charge is 0.490 e. The van der Waals surface area contributed by atoms with Crippen molar-refractivity contribution in [2.45, 2.75) is 25.1 Å². The molecule has 0 aromatic heterocycles. The number of carbonyl (C=O) groups is 1. The molecule has 1 aromatic carbocycles. The van der Waals surface area contributed by atoms with Gasteiger partial charge in [-0.25, -0.2) is 4.79 Å². The van der Waals surface area contributed by atoms with Crippen molar-refractivity contribution < 1.29 is 27.8 Å². The maximum atomic E-state index is 12.5. The van der Waals surface area contributed by atoms with E-state index in [1.165, 1.54) is 0 Å². The molecule has 1 aliphatic carbocycles. The normalized spacial score (nSPS) is 15.7. The van der Waals surface area contributed by atoms with Gasteiger partial charge >= 0.3 is 12.1 Å². The fraction of sp³-hybridized carbons (Fsp3) is 0.364. The number of rotatable bonds is 3. The average molecular weight is 246 g/mol. The summed E-state index contributed by atoms with van der Waals surface area (Å²) in [6.07, 6.45) is -3.17. The predicted octanol–water partition coefficient (Wildman–Crippen LogP) is 2.94. The lowest BCUT2D eigenvalue weighted by Crippen LogP contribution is -2.09. The molecule has 0 saturated heterocycles. The van der Waals surface area contributed by atoms with Gasteiger partial charge in [-0.3, -0.25) is 0 Å². The minimum Gasteiger partial charge on any atom is -0.490 e. The first-order valence-electron chi connectivity index (χ1n) is 4.99. The van der Waals surface area contributed by atoms with E-state index in [2.05, 4.69) is 0 Å². The highest BCUT2D eigenvalue weighted by atomic mass is 19.4. The molecule has 1 N–H and O–H groups in total. The summed E-state index contributed by atoms with van der Waals surface area (Å²) >= 11 is 0. The van der Waals surface area contributed by atoms with Crippen molar-refractivity contribution in [1.29, 1.82) is 0 Å². The number of halogens is 3. The zero-order valence-corrected chi connectivity index (χ0v) is 8.62. The molecule has 0 aliphatic heterocycles. The van der Waals surface area contributed by atoms with E-state index in [4.69, 9.17) is 9.84 Å². The molecule has 0 atom stereocenters. The molecule has 6 heteroatoms. The van der Waals surface area contributed by atoms with Gasteiger partial charge < -0.3 is 9.84 Å². The van der Waals surface area contributed by atoms with E-state index in [-0.39, 0.29) is 17.4 Å². The second-order valence-electron chi connectivity index (χ2n) is 3.83. The average Bonchev–Trinajstić information content (AvgIpc) is 2.99. The quantitative estimate of drug-likeness (QED) is 0.891. The Hall–Kier alpha value is -1.72. The Balaban J connectivity index is 2.38. The smallest absolute Gasteiger partial charge is 0.416 e. The third-order valence-corrected chi connectivity index (χ3v) is 2.36. The molecule has 1 fully saturated rings. The van der Waals surface area contributed by atoms with E-state index in [9.17, 15) is 18.0 Å². The van der Waals surface area contributed by atoms with Gasteiger partial charge in [-0.2, -0.15) is 13.2 Å². The Morgan fingerprint density at radius 2 is 2.00 bits per heavy atom. The summed E-state index contributed by atoms with van der Waals surface area (Å²) in [5.41, 5.74) is -1.15. The molecule has 2 rings (SSSR count). The van der Waals surface area contributed by atoms with Crippen LogP contribution in [-0.2, 0) is 6.18 Å². The Labute approximate surface area is 94.8 Å². The monoisotopic (exact) mass is 246 g/mol. The first-order valence-corrected chi connectivity index (χ1v) is 4.99. The molecule has 92 valence electrons. The van der Waals surface area contributed by atoms with Gasteiger partial charge in [-0.15, -0.1) is 0 Å². The predicted molar refractivity (Wildman–Crippen MR) is 52.1 cm³/mol. The highest BCUT2D eigenvalue weighted by molar-refractivity contribution is 5.91. The third kappa shape index (κ3) is 2.69. The maximum Gasteiger partial charge on any atom is 0.416 e. The molecule has 0 bridgehead atoms. The van der Waals surface area contributed by atoms with E-state index >= 15 is 0 Å². The van der Waals surface area contributed by atoms with Gasteiger partial charge in [0.1, 0.15) is 11.3 Å². The fourth-order valence-corrected chi connectivity index (χ4v) is 1.34. The van der Waals surface area contributed by atoms with Crippen molar-refractivity contribution >= 4 is 5.97 Å². The number of carboxylic acids is 1. The van der Waals surface area contributed by atoms with Gasteiger partial charge in [-0.1, -0.05) is 0 Å². The van der Waals surface area contributed by atoms with Crippen LogP contribution in [0.25, 0.3) is 0 Å². The summed E-state index contributed by atoms with van der Waals surface area (Å²) in [4.78, 5) is 10.8. The molecule has 17 heavy (non-hydrogen) atoms. The number of ether oxygens (including phenoxy) is 1. The maximum absolute atomic E-state index is 12.5. The molecule has 1 aliphatic rings. The van der Waals surface area contributed by atoms with Crippen LogP contribution in [0.1, 0.15) is 28.8 Å². The third-order valence-electron chi connectivity index (χ3n) is 2.36. The number of alkyl halides is 3. The highest BCUT2D eigenvalue weighted by Gasteiger charge is 2.33. The van der Waals surface area contributed by atoms with Gasteiger partial charge in [0, 0.05) is 0 Å². The van der Waals surface area contributed by atoms with Crippen LogP contribution in [0.3, 0.4) is 0 Å². The van der Waals surface area contributed by atoms with Crippen molar-refractivity contribution in [2.75, 3.05) is 0 Å². The van der Waals surface area contributed by atoms with Crippen LogP contribution in [0.4, 0.5) is 13.2 Å². The van der Waals surface area contributed by atoms with Crippen LogP contribution in [0.2, 0.25) is 0 Å². The molecule has 0 amide bonds.